The summed E-state index contributed by atoms with van der Waals surface area (Å²) in [6.45, 7) is 13.5. The van der Waals surface area contributed by atoms with Crippen LogP contribution in [0.3, 0.4) is 0 Å². The van der Waals surface area contributed by atoms with E-state index in [2.05, 4.69) is 57.2 Å². The molecular weight excluding hydrogens is 551 g/mol. The van der Waals surface area contributed by atoms with Crippen LogP contribution in [-0.4, -0.2) is 44.4 Å². The zero-order valence-corrected chi connectivity index (χ0v) is 25.7. The lowest BCUT2D eigenvalue weighted by molar-refractivity contribution is -0.231. The van der Waals surface area contributed by atoms with Gasteiger partial charge in [0.25, 0.3) is 0 Å². The molecule has 0 aromatic carbocycles. The molecule has 12 atom stereocenters. The summed E-state index contributed by atoms with van der Waals surface area (Å²) in [4.78, 5) is 0. The molecule has 5 heteroatoms. The second-order valence-electron chi connectivity index (χ2n) is 13.3. The van der Waals surface area contributed by atoms with Crippen LogP contribution in [0.15, 0.2) is 0 Å². The summed E-state index contributed by atoms with van der Waals surface area (Å²) in [5.41, 5.74) is 0.754. The third-order valence-corrected chi connectivity index (χ3v) is 12.3. The summed E-state index contributed by atoms with van der Waals surface area (Å²) in [6, 6.07) is 0. The molecule has 4 aliphatic carbocycles. The van der Waals surface area contributed by atoms with Crippen LogP contribution in [0.1, 0.15) is 86.0 Å². The Labute approximate surface area is 229 Å². The molecule has 0 saturated heterocycles. The van der Waals surface area contributed by atoms with Crippen LogP contribution in [0, 0.1) is 58.2 Å². The van der Waals surface area contributed by atoms with Crippen molar-refractivity contribution in [2.75, 3.05) is 32.2 Å². The maximum Gasteiger partial charge on any atom is 0.146 e. The van der Waals surface area contributed by atoms with Crippen molar-refractivity contribution in [3.63, 3.8) is 0 Å². The van der Waals surface area contributed by atoms with Crippen molar-refractivity contribution in [3.8, 4) is 0 Å². The van der Waals surface area contributed by atoms with Gasteiger partial charge in [0.2, 0.25) is 0 Å². The Morgan fingerprint density at radius 1 is 0.914 bits per heavy atom. The molecule has 0 aliphatic heterocycles. The van der Waals surface area contributed by atoms with Crippen molar-refractivity contribution in [1.82, 2.24) is 0 Å². The van der Waals surface area contributed by atoms with Gasteiger partial charge in [-0.25, -0.2) is 0 Å². The number of rotatable bonds is 10. The van der Waals surface area contributed by atoms with Gasteiger partial charge in [-0.05, 0) is 101 Å². The number of alkyl halides is 1. The van der Waals surface area contributed by atoms with E-state index in [4.69, 9.17) is 18.9 Å². The van der Waals surface area contributed by atoms with Crippen LogP contribution in [0.5, 0.6) is 0 Å². The lowest BCUT2D eigenvalue weighted by atomic mass is 9.41. The predicted octanol–water partition coefficient (Wildman–Crippen LogP) is 7.58. The quantitative estimate of drug-likeness (QED) is 0.146. The van der Waals surface area contributed by atoms with E-state index in [1.165, 1.54) is 49.4 Å². The third-order valence-electron chi connectivity index (χ3n) is 11.7. The summed E-state index contributed by atoms with van der Waals surface area (Å²) >= 11 is 2.56. The summed E-state index contributed by atoms with van der Waals surface area (Å²) in [5.74, 6) is 5.52. The minimum atomic E-state index is 0.293. The molecule has 4 saturated carbocycles. The minimum absolute atomic E-state index is 0.293. The van der Waals surface area contributed by atoms with Gasteiger partial charge in [0, 0.05) is 14.2 Å². The molecule has 204 valence electrons. The number of hydrogen-bond donors (Lipinski definition) is 0. The van der Waals surface area contributed by atoms with Crippen molar-refractivity contribution in [2.24, 2.45) is 58.2 Å². The first kappa shape index (κ1) is 28.6. The van der Waals surface area contributed by atoms with Gasteiger partial charge in [-0.2, -0.15) is 0 Å². The van der Waals surface area contributed by atoms with Crippen LogP contribution in [0.4, 0.5) is 0 Å². The molecule has 4 unspecified atom stereocenters. The number of methoxy groups -OCH3 is 2. The number of fused-ring (bicyclic) bond motifs is 5. The van der Waals surface area contributed by atoms with E-state index >= 15 is 0 Å². The van der Waals surface area contributed by atoms with E-state index in [0.29, 0.717) is 66.2 Å². The number of ether oxygens (including phenoxy) is 4. The first-order chi connectivity index (χ1) is 16.8. The highest BCUT2D eigenvalue weighted by atomic mass is 127. The zero-order valence-electron chi connectivity index (χ0n) is 23.6. The Balaban J connectivity index is 1.74. The molecule has 0 bridgehead atoms. The van der Waals surface area contributed by atoms with Crippen LogP contribution >= 0.6 is 22.6 Å². The molecule has 35 heavy (non-hydrogen) atoms. The SMILES string of the molecule is CC[C@H]1C(OCOC)C2C3C[C@H](OCOC)[C@H]([C@H](C)CCI)[C@@]3(C)CCC2[C@@]2(C)CC[C@@H](C)C[C@@H]12. The van der Waals surface area contributed by atoms with E-state index in [-0.39, 0.29) is 0 Å². The number of halogens is 1. The lowest BCUT2D eigenvalue weighted by Crippen LogP contribution is -2.62. The molecule has 0 N–H and O–H groups in total. The highest BCUT2D eigenvalue weighted by molar-refractivity contribution is 14.1. The summed E-state index contributed by atoms with van der Waals surface area (Å²) in [5, 5.41) is 0. The molecule has 4 nitrogen and oxygen atoms in total. The first-order valence-electron chi connectivity index (χ1n) is 14.5. The Morgan fingerprint density at radius 3 is 2.26 bits per heavy atom. The molecule has 0 aromatic heterocycles. The Bertz CT molecular complexity index is 689. The normalized spacial score (nSPS) is 48.2. The third kappa shape index (κ3) is 5.01. The van der Waals surface area contributed by atoms with Crippen LogP contribution in [0.25, 0.3) is 0 Å². The van der Waals surface area contributed by atoms with Gasteiger partial charge in [0.15, 0.2) is 0 Å². The van der Waals surface area contributed by atoms with Crippen molar-refractivity contribution in [1.29, 1.82) is 0 Å². The Morgan fingerprint density at radius 2 is 1.60 bits per heavy atom. The average Bonchev–Trinajstić information content (AvgIpc) is 3.14. The highest BCUT2D eigenvalue weighted by Crippen LogP contribution is 2.70. The minimum Gasteiger partial charge on any atom is -0.359 e. The lowest BCUT2D eigenvalue weighted by Gasteiger charge is -2.65. The van der Waals surface area contributed by atoms with E-state index in [0.717, 1.165) is 24.2 Å². The summed E-state index contributed by atoms with van der Waals surface area (Å²) in [6.07, 6.45) is 11.1. The first-order valence-corrected chi connectivity index (χ1v) is 16.1. The second kappa shape index (κ2) is 11.8. The van der Waals surface area contributed by atoms with Crippen LogP contribution in [0.2, 0.25) is 0 Å². The summed E-state index contributed by atoms with van der Waals surface area (Å²) < 4.78 is 25.4. The molecular formula is C30H53IO4. The standard InChI is InChI=1S/C30H53IO4/c1-8-21-23-15-19(2)9-12-29(23,4)22-10-13-30(5)24(26(22)28(21)35-18-33-7)16-25(34-17-32-6)27(30)20(3)11-14-31/h19-28H,8-18H2,1-7H3/t19-,20-,21-,22?,23+,24?,25+,26?,27+,28?,29-,30+/m1/s1. The summed E-state index contributed by atoms with van der Waals surface area (Å²) in [7, 11) is 3.54. The van der Waals surface area contributed by atoms with Gasteiger partial charge < -0.3 is 18.9 Å². The van der Waals surface area contributed by atoms with E-state index < -0.39 is 0 Å². The molecule has 0 amide bonds. The van der Waals surface area contributed by atoms with Gasteiger partial charge in [-0.3, -0.25) is 0 Å². The molecule has 0 spiro atoms. The maximum atomic E-state index is 6.76. The van der Waals surface area contributed by atoms with Gasteiger partial charge in [-0.1, -0.05) is 70.1 Å². The Kier molecular flexibility index (Phi) is 9.60. The predicted molar refractivity (Wildman–Crippen MR) is 150 cm³/mol. The second-order valence-corrected chi connectivity index (χ2v) is 14.3. The van der Waals surface area contributed by atoms with Gasteiger partial charge >= 0.3 is 0 Å². The topological polar surface area (TPSA) is 36.9 Å². The average molecular weight is 605 g/mol. The number of hydrogen-bond acceptors (Lipinski definition) is 4. The smallest absolute Gasteiger partial charge is 0.146 e. The molecule has 0 radical (unpaired) electrons. The molecule has 4 fully saturated rings. The molecule has 0 aromatic rings. The Hall–Kier alpha value is 0.570. The molecule has 4 aliphatic rings. The van der Waals surface area contributed by atoms with Crippen LogP contribution in [-0.2, 0) is 18.9 Å². The monoisotopic (exact) mass is 604 g/mol. The molecule has 4 rings (SSSR count). The molecule has 0 heterocycles. The largest absolute Gasteiger partial charge is 0.359 e. The highest BCUT2D eigenvalue weighted by Gasteiger charge is 2.67. The maximum absolute atomic E-state index is 6.76. The van der Waals surface area contributed by atoms with E-state index in [1.54, 1.807) is 14.2 Å². The van der Waals surface area contributed by atoms with E-state index in [9.17, 15) is 0 Å². The fraction of sp³-hybridized carbons (Fsp3) is 1.00. The van der Waals surface area contributed by atoms with Gasteiger partial charge in [0.1, 0.15) is 13.6 Å². The van der Waals surface area contributed by atoms with Gasteiger partial charge in [-0.15, -0.1) is 0 Å². The van der Waals surface area contributed by atoms with Gasteiger partial charge in [0.05, 0.1) is 12.2 Å². The van der Waals surface area contributed by atoms with Crippen molar-refractivity contribution >= 4 is 22.6 Å². The van der Waals surface area contributed by atoms with Crippen molar-refractivity contribution in [3.05, 3.63) is 0 Å². The zero-order chi connectivity index (χ0) is 25.4. The fourth-order valence-electron chi connectivity index (χ4n) is 10.2. The van der Waals surface area contributed by atoms with Crippen molar-refractivity contribution in [2.45, 2.75) is 98.2 Å². The van der Waals surface area contributed by atoms with E-state index in [1.807, 2.05) is 0 Å². The van der Waals surface area contributed by atoms with Crippen molar-refractivity contribution < 1.29 is 18.9 Å². The fourth-order valence-corrected chi connectivity index (χ4v) is 11.2. The van der Waals surface area contributed by atoms with Crippen LogP contribution < -0.4 is 0 Å².